The normalized spacial score (nSPS) is 16.7. The Bertz CT molecular complexity index is 719. The second kappa shape index (κ2) is 7.65. The van der Waals surface area contributed by atoms with E-state index in [1.54, 1.807) is 24.3 Å². The SMILES string of the molecule is O=C(Nc1ccc(I)cc1)[C@H]1CCCN1C(=O)Oc1ccccc1. The van der Waals surface area contributed by atoms with Gasteiger partial charge in [0.15, 0.2) is 0 Å². The number of rotatable bonds is 3. The molecule has 1 fully saturated rings. The predicted molar refractivity (Wildman–Crippen MR) is 100.0 cm³/mol. The van der Waals surface area contributed by atoms with Crippen molar-refractivity contribution in [2.45, 2.75) is 18.9 Å². The molecule has 5 nitrogen and oxygen atoms in total. The van der Waals surface area contributed by atoms with Crippen molar-refractivity contribution in [2.24, 2.45) is 0 Å². The van der Waals surface area contributed by atoms with Gasteiger partial charge < -0.3 is 10.1 Å². The Morgan fingerprint density at radius 1 is 1.08 bits per heavy atom. The number of para-hydroxylation sites is 1. The lowest BCUT2D eigenvalue weighted by Gasteiger charge is -2.23. The van der Waals surface area contributed by atoms with Crippen LogP contribution in [-0.2, 0) is 4.79 Å². The van der Waals surface area contributed by atoms with Crippen molar-refractivity contribution < 1.29 is 14.3 Å². The summed E-state index contributed by atoms with van der Waals surface area (Å²) in [6.07, 6.45) is 0.941. The summed E-state index contributed by atoms with van der Waals surface area (Å²) in [5, 5.41) is 2.87. The Balaban J connectivity index is 1.65. The van der Waals surface area contributed by atoms with Crippen LogP contribution in [-0.4, -0.2) is 29.5 Å². The van der Waals surface area contributed by atoms with E-state index in [1.807, 2.05) is 30.3 Å². The lowest BCUT2D eigenvalue weighted by Crippen LogP contribution is -2.44. The fourth-order valence-electron chi connectivity index (χ4n) is 2.66. The largest absolute Gasteiger partial charge is 0.415 e. The Labute approximate surface area is 154 Å². The Hall–Kier alpha value is -2.09. The van der Waals surface area contributed by atoms with Gasteiger partial charge in [-0.25, -0.2) is 4.79 Å². The van der Waals surface area contributed by atoms with Gasteiger partial charge in [0, 0.05) is 15.8 Å². The predicted octanol–water partition coefficient (Wildman–Crippen LogP) is 3.89. The summed E-state index contributed by atoms with van der Waals surface area (Å²) in [6, 6.07) is 15.9. The summed E-state index contributed by atoms with van der Waals surface area (Å²) in [5.41, 5.74) is 0.726. The van der Waals surface area contributed by atoms with E-state index in [-0.39, 0.29) is 5.91 Å². The van der Waals surface area contributed by atoms with E-state index in [9.17, 15) is 9.59 Å². The van der Waals surface area contributed by atoms with Crippen LogP contribution in [0.5, 0.6) is 5.75 Å². The van der Waals surface area contributed by atoms with Crippen LogP contribution in [0, 0.1) is 3.57 Å². The van der Waals surface area contributed by atoms with Crippen molar-refractivity contribution in [1.82, 2.24) is 4.90 Å². The third kappa shape index (κ3) is 4.05. The third-order valence-corrected chi connectivity index (χ3v) is 4.57. The molecule has 124 valence electrons. The van der Waals surface area contributed by atoms with Crippen LogP contribution in [0.15, 0.2) is 54.6 Å². The summed E-state index contributed by atoms with van der Waals surface area (Å²) in [6.45, 7) is 0.524. The zero-order valence-electron chi connectivity index (χ0n) is 12.9. The highest BCUT2D eigenvalue weighted by atomic mass is 127. The average Bonchev–Trinajstić information content (AvgIpc) is 3.08. The van der Waals surface area contributed by atoms with Gasteiger partial charge in [0.25, 0.3) is 0 Å². The molecule has 6 heteroatoms. The number of carbonyl (C=O) groups is 2. The smallest absolute Gasteiger partial charge is 0.410 e. The number of amides is 2. The number of hydrogen-bond acceptors (Lipinski definition) is 3. The molecule has 2 aromatic carbocycles. The lowest BCUT2D eigenvalue weighted by atomic mass is 10.2. The molecular formula is C18H17IN2O3. The molecule has 0 aromatic heterocycles. The summed E-state index contributed by atoms with van der Waals surface area (Å²) < 4.78 is 6.45. The zero-order chi connectivity index (χ0) is 16.9. The number of ether oxygens (including phenoxy) is 1. The molecule has 1 atom stereocenters. The molecule has 1 saturated heterocycles. The summed E-state index contributed by atoms with van der Waals surface area (Å²) in [4.78, 5) is 26.3. The number of hydrogen-bond donors (Lipinski definition) is 1. The standard InChI is InChI=1S/C18H17IN2O3/c19-13-8-10-14(11-9-13)20-17(22)16-7-4-12-21(16)18(23)24-15-5-2-1-3-6-15/h1-3,5-6,8-11,16H,4,7,12H2,(H,20,22)/t16-/m1/s1. The molecule has 3 rings (SSSR count). The van der Waals surface area contributed by atoms with Crippen LogP contribution in [0.25, 0.3) is 0 Å². The number of nitrogens with one attached hydrogen (secondary N) is 1. The second-order valence-electron chi connectivity index (χ2n) is 5.53. The molecule has 1 N–H and O–H groups in total. The Kier molecular flexibility index (Phi) is 5.34. The molecule has 1 aliphatic heterocycles. The van der Waals surface area contributed by atoms with Crippen LogP contribution < -0.4 is 10.1 Å². The van der Waals surface area contributed by atoms with Crippen LogP contribution in [0.3, 0.4) is 0 Å². The first kappa shape index (κ1) is 16.8. The molecule has 0 saturated carbocycles. The molecular weight excluding hydrogens is 419 g/mol. The van der Waals surface area contributed by atoms with Crippen LogP contribution in [0.2, 0.25) is 0 Å². The third-order valence-electron chi connectivity index (χ3n) is 3.85. The molecule has 0 aliphatic carbocycles. The minimum atomic E-state index is -0.500. The number of carbonyl (C=O) groups excluding carboxylic acids is 2. The van der Waals surface area contributed by atoms with E-state index in [1.165, 1.54) is 4.90 Å². The van der Waals surface area contributed by atoms with E-state index in [0.717, 1.165) is 15.7 Å². The first-order chi connectivity index (χ1) is 11.6. The minimum absolute atomic E-state index is 0.182. The number of halogens is 1. The van der Waals surface area contributed by atoms with E-state index in [0.29, 0.717) is 18.7 Å². The van der Waals surface area contributed by atoms with E-state index < -0.39 is 12.1 Å². The van der Waals surface area contributed by atoms with Gasteiger partial charge in [-0.2, -0.15) is 0 Å². The van der Waals surface area contributed by atoms with Gasteiger partial charge in [-0.3, -0.25) is 9.69 Å². The number of likely N-dealkylation sites (tertiary alicyclic amines) is 1. The molecule has 0 radical (unpaired) electrons. The number of nitrogens with zero attached hydrogens (tertiary/aromatic N) is 1. The van der Waals surface area contributed by atoms with Crippen molar-refractivity contribution >= 4 is 40.3 Å². The molecule has 2 amide bonds. The molecule has 0 spiro atoms. The van der Waals surface area contributed by atoms with Crippen LogP contribution in [0.1, 0.15) is 12.8 Å². The lowest BCUT2D eigenvalue weighted by molar-refractivity contribution is -0.119. The second-order valence-corrected chi connectivity index (χ2v) is 6.77. The average molecular weight is 436 g/mol. The zero-order valence-corrected chi connectivity index (χ0v) is 15.1. The first-order valence-corrected chi connectivity index (χ1v) is 8.81. The molecule has 2 aromatic rings. The maximum atomic E-state index is 12.5. The van der Waals surface area contributed by atoms with Crippen molar-refractivity contribution in [2.75, 3.05) is 11.9 Å². The van der Waals surface area contributed by atoms with E-state index >= 15 is 0 Å². The van der Waals surface area contributed by atoms with Gasteiger partial charge in [0.2, 0.25) is 5.91 Å². The van der Waals surface area contributed by atoms with Crippen LogP contribution in [0.4, 0.5) is 10.5 Å². The van der Waals surface area contributed by atoms with Crippen molar-refractivity contribution in [3.8, 4) is 5.75 Å². The van der Waals surface area contributed by atoms with Crippen LogP contribution >= 0.6 is 22.6 Å². The quantitative estimate of drug-likeness (QED) is 0.743. The van der Waals surface area contributed by atoms with Gasteiger partial charge in [-0.05, 0) is 71.8 Å². The Morgan fingerprint density at radius 3 is 2.50 bits per heavy atom. The highest BCUT2D eigenvalue weighted by Crippen LogP contribution is 2.22. The van der Waals surface area contributed by atoms with Crippen molar-refractivity contribution in [3.63, 3.8) is 0 Å². The first-order valence-electron chi connectivity index (χ1n) is 7.73. The van der Waals surface area contributed by atoms with Crippen molar-refractivity contribution in [3.05, 3.63) is 58.2 Å². The fraction of sp³-hybridized carbons (Fsp3) is 0.222. The number of benzene rings is 2. The van der Waals surface area contributed by atoms with Gasteiger partial charge >= 0.3 is 6.09 Å². The number of anilines is 1. The van der Waals surface area contributed by atoms with Gasteiger partial charge in [0.1, 0.15) is 11.8 Å². The highest BCUT2D eigenvalue weighted by molar-refractivity contribution is 14.1. The van der Waals surface area contributed by atoms with Gasteiger partial charge in [-0.1, -0.05) is 18.2 Å². The van der Waals surface area contributed by atoms with Gasteiger partial charge in [-0.15, -0.1) is 0 Å². The molecule has 1 aliphatic rings. The van der Waals surface area contributed by atoms with Gasteiger partial charge in [0.05, 0.1) is 0 Å². The highest BCUT2D eigenvalue weighted by Gasteiger charge is 2.35. The summed E-state index contributed by atoms with van der Waals surface area (Å²) in [5.74, 6) is 0.296. The van der Waals surface area contributed by atoms with E-state index in [2.05, 4.69) is 27.9 Å². The molecule has 1 heterocycles. The molecule has 24 heavy (non-hydrogen) atoms. The maximum absolute atomic E-state index is 12.5. The monoisotopic (exact) mass is 436 g/mol. The molecule has 0 bridgehead atoms. The minimum Gasteiger partial charge on any atom is -0.410 e. The Morgan fingerprint density at radius 2 is 1.79 bits per heavy atom. The fourth-order valence-corrected chi connectivity index (χ4v) is 3.02. The topological polar surface area (TPSA) is 58.6 Å². The maximum Gasteiger partial charge on any atom is 0.415 e. The molecule has 0 unspecified atom stereocenters. The van der Waals surface area contributed by atoms with E-state index in [4.69, 9.17) is 4.74 Å². The summed E-state index contributed by atoms with van der Waals surface area (Å²) in [7, 11) is 0. The summed E-state index contributed by atoms with van der Waals surface area (Å²) >= 11 is 2.21. The van der Waals surface area contributed by atoms with Crippen molar-refractivity contribution in [1.29, 1.82) is 0 Å².